The van der Waals surface area contributed by atoms with Crippen LogP contribution in [0.2, 0.25) is 0 Å². The average molecular weight is 521 g/mol. The van der Waals surface area contributed by atoms with Crippen molar-refractivity contribution < 1.29 is 52.5 Å². The van der Waals surface area contributed by atoms with Crippen molar-refractivity contribution in [1.29, 1.82) is 0 Å². The third-order valence-electron chi connectivity index (χ3n) is 4.69. The molecule has 37 heavy (non-hydrogen) atoms. The first kappa shape index (κ1) is 30.3. The maximum atomic E-state index is 12.9. The number of nitrogens with one attached hydrogen (secondary N) is 3. The van der Waals surface area contributed by atoms with E-state index in [1.807, 2.05) is 0 Å². The molecule has 0 saturated heterocycles. The first-order valence-electron chi connectivity index (χ1n) is 10.5. The second kappa shape index (κ2) is 14.6. The number of carbonyl (C=O) groups is 7. The highest BCUT2D eigenvalue weighted by Crippen LogP contribution is 2.17. The van der Waals surface area contributed by atoms with Crippen LogP contribution in [0.3, 0.4) is 0 Å². The lowest BCUT2D eigenvalue weighted by molar-refractivity contribution is -0.149. The van der Waals surface area contributed by atoms with Crippen LogP contribution in [0.1, 0.15) is 33.6 Å². The Morgan fingerprint density at radius 1 is 0.730 bits per heavy atom. The molecule has 200 valence electrons. The molecule has 0 bridgehead atoms. The lowest BCUT2D eigenvalue weighted by Gasteiger charge is -2.18. The van der Waals surface area contributed by atoms with Gasteiger partial charge in [0.1, 0.15) is 12.1 Å². The summed E-state index contributed by atoms with van der Waals surface area (Å²) in [7, 11) is 4.30. The predicted octanol–water partition coefficient (Wildman–Crippen LogP) is -0.520. The van der Waals surface area contributed by atoms with Gasteiger partial charge in [0.15, 0.2) is 0 Å². The Labute approximate surface area is 211 Å². The molecule has 1 rings (SSSR count). The molecule has 0 spiro atoms. The molecule has 14 nitrogen and oxygen atoms in total. The summed E-state index contributed by atoms with van der Waals surface area (Å²) in [5, 5.41) is 6.99. The number of ether oxygens (including phenoxy) is 4. The Morgan fingerprint density at radius 3 is 1.46 bits per heavy atom. The van der Waals surface area contributed by atoms with Crippen molar-refractivity contribution in [1.82, 2.24) is 10.6 Å². The molecule has 1 aromatic rings. The summed E-state index contributed by atoms with van der Waals surface area (Å²) in [4.78, 5) is 85.0. The van der Waals surface area contributed by atoms with Gasteiger partial charge in [0.2, 0.25) is 5.91 Å². The van der Waals surface area contributed by atoms with Crippen molar-refractivity contribution in [3.63, 3.8) is 0 Å². The standard InChI is InChI=1S/C23H27N3O11/c1-6-17(27)24-14-8-12(20(30)25-15(22(32)36-4)10-18(28)34-2)7-13(9-14)21(31)26-16(23(33)37-5)11-19(29)35-3/h6-9,15-16H,1,10-11H2,2-5H3,(H,24,27)(H,25,30)(H,26,31)/t15-,16-/m0/s1. The summed E-state index contributed by atoms with van der Waals surface area (Å²) in [5.74, 6) is -5.97. The number of anilines is 1. The van der Waals surface area contributed by atoms with Gasteiger partial charge in [0.05, 0.1) is 41.3 Å². The second-order valence-electron chi connectivity index (χ2n) is 7.15. The van der Waals surface area contributed by atoms with Gasteiger partial charge in [0.25, 0.3) is 11.8 Å². The number of hydrogen-bond donors (Lipinski definition) is 3. The van der Waals surface area contributed by atoms with Gasteiger partial charge in [-0.2, -0.15) is 0 Å². The number of amides is 3. The summed E-state index contributed by atoms with van der Waals surface area (Å²) >= 11 is 0. The second-order valence-corrected chi connectivity index (χ2v) is 7.15. The zero-order valence-electron chi connectivity index (χ0n) is 20.6. The van der Waals surface area contributed by atoms with Crippen molar-refractivity contribution in [2.75, 3.05) is 33.8 Å². The first-order chi connectivity index (χ1) is 17.5. The van der Waals surface area contributed by atoms with Gasteiger partial charge in [-0.1, -0.05) is 6.58 Å². The first-order valence-corrected chi connectivity index (χ1v) is 10.5. The van der Waals surface area contributed by atoms with Crippen molar-refractivity contribution >= 4 is 47.3 Å². The lowest BCUT2D eigenvalue weighted by atomic mass is 10.1. The Hall–Kier alpha value is -4.75. The Bertz CT molecular complexity index is 1010. The largest absolute Gasteiger partial charge is 0.469 e. The monoisotopic (exact) mass is 521 g/mol. The molecule has 3 amide bonds. The van der Waals surface area contributed by atoms with Crippen LogP contribution in [0.15, 0.2) is 30.9 Å². The van der Waals surface area contributed by atoms with E-state index in [4.69, 9.17) is 0 Å². The third kappa shape index (κ3) is 9.43. The van der Waals surface area contributed by atoms with Gasteiger partial charge in [-0.05, 0) is 24.3 Å². The van der Waals surface area contributed by atoms with Crippen LogP contribution in [0, 0.1) is 0 Å². The fraction of sp³-hybridized carbons (Fsp3) is 0.348. The van der Waals surface area contributed by atoms with E-state index in [9.17, 15) is 33.6 Å². The predicted molar refractivity (Wildman–Crippen MR) is 125 cm³/mol. The minimum absolute atomic E-state index is 0.0205. The molecular weight excluding hydrogens is 494 g/mol. The Balaban J connectivity index is 3.37. The SMILES string of the molecule is C=CC(=O)Nc1cc(C(=O)N[C@@H](CC(=O)OC)C(=O)OC)cc(C(=O)N[C@@H](CC(=O)OC)C(=O)OC)c1. The Morgan fingerprint density at radius 2 is 1.14 bits per heavy atom. The zero-order valence-corrected chi connectivity index (χ0v) is 20.6. The van der Waals surface area contributed by atoms with Gasteiger partial charge < -0.3 is 34.9 Å². The van der Waals surface area contributed by atoms with Crippen LogP contribution in [0.25, 0.3) is 0 Å². The third-order valence-corrected chi connectivity index (χ3v) is 4.69. The highest BCUT2D eigenvalue weighted by atomic mass is 16.5. The number of methoxy groups -OCH3 is 4. The molecule has 2 atom stereocenters. The van der Waals surface area contributed by atoms with E-state index < -0.39 is 66.5 Å². The lowest BCUT2D eigenvalue weighted by Crippen LogP contribution is -2.44. The van der Waals surface area contributed by atoms with Crippen LogP contribution in [0.4, 0.5) is 5.69 Å². The maximum Gasteiger partial charge on any atom is 0.328 e. The normalized spacial score (nSPS) is 11.6. The molecule has 0 unspecified atom stereocenters. The number of carbonyl (C=O) groups excluding carboxylic acids is 7. The number of rotatable bonds is 12. The molecule has 0 aliphatic carbocycles. The van der Waals surface area contributed by atoms with E-state index in [2.05, 4.69) is 41.5 Å². The maximum absolute atomic E-state index is 12.9. The molecule has 0 heterocycles. The van der Waals surface area contributed by atoms with Crippen LogP contribution in [-0.2, 0) is 42.9 Å². The highest BCUT2D eigenvalue weighted by molar-refractivity contribution is 6.05. The van der Waals surface area contributed by atoms with E-state index >= 15 is 0 Å². The topological polar surface area (TPSA) is 192 Å². The summed E-state index contributed by atoms with van der Waals surface area (Å²) in [6, 6.07) is 0.626. The van der Waals surface area contributed by atoms with Gasteiger partial charge in [-0.25, -0.2) is 9.59 Å². The summed E-state index contributed by atoms with van der Waals surface area (Å²) < 4.78 is 18.2. The molecular formula is C23H27N3O11. The van der Waals surface area contributed by atoms with Crippen molar-refractivity contribution in [2.45, 2.75) is 24.9 Å². The van der Waals surface area contributed by atoms with Crippen LogP contribution in [-0.4, -0.2) is 82.1 Å². The van der Waals surface area contributed by atoms with Crippen LogP contribution in [0.5, 0.6) is 0 Å². The van der Waals surface area contributed by atoms with E-state index in [0.717, 1.165) is 40.6 Å². The molecule has 14 heteroatoms. The molecule has 0 aliphatic rings. The van der Waals surface area contributed by atoms with E-state index in [1.54, 1.807) is 0 Å². The van der Waals surface area contributed by atoms with Gasteiger partial charge >= 0.3 is 23.9 Å². The molecule has 1 aromatic carbocycles. The number of benzene rings is 1. The van der Waals surface area contributed by atoms with Gasteiger partial charge in [-0.15, -0.1) is 0 Å². The fourth-order valence-corrected chi connectivity index (χ4v) is 2.81. The number of esters is 4. The molecule has 0 aromatic heterocycles. The average Bonchev–Trinajstić information content (AvgIpc) is 2.90. The summed E-state index contributed by atoms with van der Waals surface area (Å²) in [5.41, 5.74) is -0.449. The molecule has 0 fully saturated rings. The van der Waals surface area contributed by atoms with Crippen molar-refractivity contribution in [3.8, 4) is 0 Å². The number of hydrogen-bond acceptors (Lipinski definition) is 11. The zero-order chi connectivity index (χ0) is 28.1. The van der Waals surface area contributed by atoms with E-state index in [0.29, 0.717) is 0 Å². The fourth-order valence-electron chi connectivity index (χ4n) is 2.81. The van der Waals surface area contributed by atoms with Crippen molar-refractivity contribution in [2.24, 2.45) is 0 Å². The quantitative estimate of drug-likeness (QED) is 0.182. The van der Waals surface area contributed by atoms with Crippen LogP contribution >= 0.6 is 0 Å². The minimum atomic E-state index is -1.42. The summed E-state index contributed by atoms with van der Waals surface area (Å²) in [6.45, 7) is 3.32. The Kier molecular flexibility index (Phi) is 12.0. The van der Waals surface area contributed by atoms with Crippen molar-refractivity contribution in [3.05, 3.63) is 42.0 Å². The van der Waals surface area contributed by atoms with Gasteiger partial charge in [0, 0.05) is 16.8 Å². The minimum Gasteiger partial charge on any atom is -0.469 e. The summed E-state index contributed by atoms with van der Waals surface area (Å²) in [6.07, 6.45) is -0.132. The smallest absolute Gasteiger partial charge is 0.328 e. The van der Waals surface area contributed by atoms with Crippen LogP contribution < -0.4 is 16.0 Å². The molecule has 0 aliphatic heterocycles. The molecule has 0 saturated carbocycles. The van der Waals surface area contributed by atoms with E-state index in [-0.39, 0.29) is 16.8 Å². The van der Waals surface area contributed by atoms with Gasteiger partial charge in [-0.3, -0.25) is 24.0 Å². The molecule has 3 N–H and O–H groups in total. The van der Waals surface area contributed by atoms with E-state index in [1.165, 1.54) is 12.1 Å². The molecule has 0 radical (unpaired) electrons. The highest BCUT2D eigenvalue weighted by Gasteiger charge is 2.28.